The van der Waals surface area contributed by atoms with Crippen molar-refractivity contribution in [2.75, 3.05) is 0 Å². The van der Waals surface area contributed by atoms with Crippen LogP contribution in [-0.2, 0) is 6.16 Å². The SMILES string of the molecule is PCc1ccc(C#Cc2ccc(N=C=S)cc2)cc1. The smallest absolute Gasteiger partial charge is 0.0740 e. The zero-order valence-corrected chi connectivity index (χ0v) is 12.2. The van der Waals surface area contributed by atoms with Gasteiger partial charge in [0.1, 0.15) is 0 Å². The van der Waals surface area contributed by atoms with Gasteiger partial charge in [-0.25, -0.2) is 0 Å². The maximum absolute atomic E-state index is 4.56. The van der Waals surface area contributed by atoms with Gasteiger partial charge in [0.25, 0.3) is 0 Å². The van der Waals surface area contributed by atoms with Crippen LogP contribution in [0.3, 0.4) is 0 Å². The average Bonchev–Trinajstić information content (AvgIpc) is 2.47. The minimum absolute atomic E-state index is 0.797. The lowest BCUT2D eigenvalue weighted by atomic mass is 10.1. The summed E-state index contributed by atoms with van der Waals surface area (Å²) in [5.74, 6) is 6.26. The zero-order chi connectivity index (χ0) is 13.5. The molecule has 92 valence electrons. The van der Waals surface area contributed by atoms with Crippen LogP contribution in [0.1, 0.15) is 16.7 Å². The lowest BCUT2D eigenvalue weighted by molar-refractivity contribution is 1.41. The molecule has 0 radical (unpaired) electrons. The Labute approximate surface area is 121 Å². The fourth-order valence-corrected chi connectivity index (χ4v) is 1.92. The van der Waals surface area contributed by atoms with E-state index in [1.54, 1.807) is 0 Å². The van der Waals surface area contributed by atoms with E-state index in [0.29, 0.717) is 0 Å². The molecule has 2 rings (SSSR count). The molecule has 1 atom stereocenters. The number of benzene rings is 2. The van der Waals surface area contributed by atoms with Crippen molar-refractivity contribution in [3.05, 3.63) is 65.2 Å². The normalized spacial score (nSPS) is 9.11. The van der Waals surface area contributed by atoms with Gasteiger partial charge in [0.15, 0.2) is 0 Å². The fraction of sp³-hybridized carbons (Fsp3) is 0.0625. The van der Waals surface area contributed by atoms with Crippen molar-refractivity contribution in [1.29, 1.82) is 0 Å². The number of rotatable bonds is 2. The van der Waals surface area contributed by atoms with Gasteiger partial charge in [0.05, 0.1) is 10.8 Å². The van der Waals surface area contributed by atoms with Crippen LogP contribution in [-0.4, -0.2) is 5.16 Å². The van der Waals surface area contributed by atoms with E-state index in [1.807, 2.05) is 36.4 Å². The molecule has 2 aromatic rings. The number of hydrogen-bond acceptors (Lipinski definition) is 2. The van der Waals surface area contributed by atoms with E-state index in [-0.39, 0.29) is 0 Å². The van der Waals surface area contributed by atoms with Crippen molar-refractivity contribution in [1.82, 2.24) is 0 Å². The Morgan fingerprint density at radius 2 is 1.42 bits per heavy atom. The third kappa shape index (κ3) is 4.12. The van der Waals surface area contributed by atoms with Crippen molar-refractivity contribution in [2.24, 2.45) is 4.99 Å². The summed E-state index contributed by atoms with van der Waals surface area (Å²) in [6, 6.07) is 15.9. The third-order valence-electron chi connectivity index (χ3n) is 2.58. The summed E-state index contributed by atoms with van der Waals surface area (Å²) in [5.41, 5.74) is 4.06. The molecular weight excluding hydrogens is 269 g/mol. The molecule has 0 N–H and O–H groups in total. The zero-order valence-electron chi connectivity index (χ0n) is 10.3. The minimum Gasteiger partial charge on any atom is -0.195 e. The predicted octanol–water partition coefficient (Wildman–Crippen LogP) is 4.20. The van der Waals surface area contributed by atoms with Crippen LogP contribution in [0.5, 0.6) is 0 Å². The van der Waals surface area contributed by atoms with Crippen molar-refractivity contribution in [3.63, 3.8) is 0 Å². The second-order valence-corrected chi connectivity index (χ2v) is 4.49. The summed E-state index contributed by atoms with van der Waals surface area (Å²) >= 11 is 4.56. The molecule has 0 aliphatic carbocycles. The van der Waals surface area contributed by atoms with Gasteiger partial charge in [-0.2, -0.15) is 4.99 Å². The van der Waals surface area contributed by atoms with E-state index in [2.05, 4.69) is 55.6 Å². The molecule has 0 amide bonds. The molecule has 0 saturated carbocycles. The van der Waals surface area contributed by atoms with E-state index in [0.717, 1.165) is 23.0 Å². The third-order valence-corrected chi connectivity index (χ3v) is 3.15. The molecule has 0 bridgehead atoms. The summed E-state index contributed by atoms with van der Waals surface area (Å²) in [5, 5.41) is 2.34. The minimum atomic E-state index is 0.797. The molecule has 0 saturated heterocycles. The van der Waals surface area contributed by atoms with Crippen LogP contribution in [0, 0.1) is 11.8 Å². The first-order valence-corrected chi connectivity index (χ1v) is 7.03. The van der Waals surface area contributed by atoms with Crippen molar-refractivity contribution in [2.45, 2.75) is 6.16 Å². The highest BCUT2D eigenvalue weighted by Crippen LogP contribution is 2.12. The van der Waals surface area contributed by atoms with Gasteiger partial charge in [0, 0.05) is 11.1 Å². The Hall–Kier alpha value is -1.77. The highest BCUT2D eigenvalue weighted by molar-refractivity contribution is 7.78. The standard InChI is InChI=1S/C16H12NPS/c18-11-15-5-3-13(4-6-15)1-2-14-7-9-16(10-8-14)17-12-19/h3-10H,11,18H2. The van der Waals surface area contributed by atoms with Gasteiger partial charge in [-0.1, -0.05) is 24.0 Å². The summed E-state index contributed by atoms with van der Waals surface area (Å²) in [4.78, 5) is 3.90. The number of nitrogens with zero attached hydrogens (tertiary/aromatic N) is 1. The Bertz CT molecular complexity index is 657. The van der Waals surface area contributed by atoms with Gasteiger partial charge >= 0.3 is 0 Å². The predicted molar refractivity (Wildman–Crippen MR) is 87.0 cm³/mol. The van der Waals surface area contributed by atoms with Crippen LogP contribution in [0.15, 0.2) is 53.5 Å². The lowest BCUT2D eigenvalue weighted by Crippen LogP contribution is -1.79. The van der Waals surface area contributed by atoms with E-state index < -0.39 is 0 Å². The number of thiocarbonyl (C=S) groups is 1. The van der Waals surface area contributed by atoms with Gasteiger partial charge in [-0.3, -0.25) is 0 Å². The molecule has 0 aliphatic heterocycles. The molecule has 3 heteroatoms. The van der Waals surface area contributed by atoms with Crippen LogP contribution in [0.2, 0.25) is 0 Å². The quantitative estimate of drug-likeness (QED) is 0.348. The largest absolute Gasteiger partial charge is 0.195 e. The molecule has 0 aromatic heterocycles. The molecular formula is C16H12NPS. The van der Waals surface area contributed by atoms with Crippen molar-refractivity contribution >= 4 is 32.3 Å². The maximum Gasteiger partial charge on any atom is 0.0740 e. The van der Waals surface area contributed by atoms with Crippen molar-refractivity contribution in [3.8, 4) is 11.8 Å². The summed E-state index contributed by atoms with van der Waals surface area (Å²) < 4.78 is 0. The number of hydrogen-bond donors (Lipinski definition) is 0. The first-order valence-electron chi connectivity index (χ1n) is 5.81. The second kappa shape index (κ2) is 6.98. The van der Waals surface area contributed by atoms with Crippen LogP contribution >= 0.6 is 21.5 Å². The fourth-order valence-electron chi connectivity index (χ4n) is 1.54. The molecule has 0 spiro atoms. The maximum atomic E-state index is 4.56. The highest BCUT2D eigenvalue weighted by atomic mass is 32.1. The van der Waals surface area contributed by atoms with E-state index in [1.165, 1.54) is 5.56 Å². The molecule has 0 heterocycles. The Kier molecular flexibility index (Phi) is 5.01. The molecule has 19 heavy (non-hydrogen) atoms. The second-order valence-electron chi connectivity index (χ2n) is 3.90. The molecule has 2 aromatic carbocycles. The van der Waals surface area contributed by atoms with Gasteiger partial charge in [0.2, 0.25) is 0 Å². The highest BCUT2D eigenvalue weighted by Gasteiger charge is 1.91. The van der Waals surface area contributed by atoms with Crippen LogP contribution < -0.4 is 0 Å². The molecule has 1 nitrogen and oxygen atoms in total. The van der Waals surface area contributed by atoms with Gasteiger partial charge in [-0.05, 0) is 60.3 Å². The molecule has 0 aliphatic rings. The van der Waals surface area contributed by atoms with Gasteiger partial charge in [-0.15, -0.1) is 9.24 Å². The first-order chi connectivity index (χ1) is 9.31. The summed E-state index contributed by atoms with van der Waals surface area (Å²) in [6.07, 6.45) is 0.968. The first kappa shape index (κ1) is 13.7. The number of aliphatic imine (C=N–C) groups is 1. The summed E-state index contributed by atoms with van der Waals surface area (Å²) in [7, 11) is 2.71. The van der Waals surface area contributed by atoms with Crippen LogP contribution in [0.25, 0.3) is 0 Å². The lowest BCUT2D eigenvalue weighted by Gasteiger charge is -1.95. The number of isothiocyanates is 1. The van der Waals surface area contributed by atoms with E-state index in [4.69, 9.17) is 0 Å². The molecule has 1 unspecified atom stereocenters. The molecule has 0 fully saturated rings. The Morgan fingerprint density at radius 3 is 1.89 bits per heavy atom. The topological polar surface area (TPSA) is 12.4 Å². The van der Waals surface area contributed by atoms with Crippen molar-refractivity contribution < 1.29 is 0 Å². The monoisotopic (exact) mass is 281 g/mol. The average molecular weight is 281 g/mol. The van der Waals surface area contributed by atoms with E-state index in [9.17, 15) is 0 Å². The summed E-state index contributed by atoms with van der Waals surface area (Å²) in [6.45, 7) is 0. The van der Waals surface area contributed by atoms with Crippen LogP contribution in [0.4, 0.5) is 5.69 Å². The van der Waals surface area contributed by atoms with E-state index >= 15 is 0 Å². The Balaban J connectivity index is 2.16. The Morgan fingerprint density at radius 1 is 0.895 bits per heavy atom. The van der Waals surface area contributed by atoms with Gasteiger partial charge < -0.3 is 0 Å².